The summed E-state index contributed by atoms with van der Waals surface area (Å²) in [5.41, 5.74) is 7.33. The van der Waals surface area contributed by atoms with Crippen LogP contribution in [0.3, 0.4) is 0 Å². The second-order valence-corrected chi connectivity index (χ2v) is 8.37. The molecule has 5 nitrogen and oxygen atoms in total. The highest BCUT2D eigenvalue weighted by Gasteiger charge is 2.42. The summed E-state index contributed by atoms with van der Waals surface area (Å²) in [5, 5.41) is 0. The fourth-order valence-corrected chi connectivity index (χ4v) is 3.76. The van der Waals surface area contributed by atoms with Gasteiger partial charge < -0.3 is 20.3 Å². The van der Waals surface area contributed by atoms with Crippen LogP contribution in [0.2, 0.25) is 0 Å². The summed E-state index contributed by atoms with van der Waals surface area (Å²) in [5.74, 6) is 0.625. The van der Waals surface area contributed by atoms with Gasteiger partial charge in [-0.05, 0) is 58.5 Å². The molecule has 1 unspecified atom stereocenters. The quantitative estimate of drug-likeness (QED) is 0.597. The van der Waals surface area contributed by atoms with Crippen molar-refractivity contribution in [3.8, 4) is 0 Å². The Balaban J connectivity index is 2.67. The van der Waals surface area contributed by atoms with Gasteiger partial charge in [0.25, 0.3) is 0 Å². The molecule has 0 saturated heterocycles. The van der Waals surface area contributed by atoms with Crippen molar-refractivity contribution in [3.63, 3.8) is 0 Å². The number of benzene rings is 2. The van der Waals surface area contributed by atoms with Crippen LogP contribution in [-0.4, -0.2) is 55.7 Å². The van der Waals surface area contributed by atoms with Gasteiger partial charge in [-0.1, -0.05) is 60.7 Å². The Morgan fingerprint density at radius 3 is 1.84 bits per heavy atom. The van der Waals surface area contributed by atoms with Gasteiger partial charge >= 0.3 is 6.09 Å². The number of hydrogen-bond donors (Lipinski definition) is 1. The molecule has 0 radical (unpaired) electrons. The third-order valence-corrected chi connectivity index (χ3v) is 6.19. The fourth-order valence-electron chi connectivity index (χ4n) is 3.76. The highest BCUT2D eigenvalue weighted by Crippen LogP contribution is 2.44. The number of nitrogens with two attached hydrogens (primary N) is 1. The van der Waals surface area contributed by atoms with Gasteiger partial charge in [0.05, 0.1) is 5.41 Å². The van der Waals surface area contributed by atoms with Crippen LogP contribution in [0.4, 0.5) is 4.79 Å². The molecule has 0 aliphatic heterocycles. The van der Waals surface area contributed by atoms with E-state index in [0.29, 0.717) is 12.3 Å². The molecule has 0 saturated carbocycles. The van der Waals surface area contributed by atoms with E-state index >= 15 is 0 Å². The molecule has 0 aliphatic rings. The van der Waals surface area contributed by atoms with Gasteiger partial charge in [0.2, 0.25) is 0 Å². The molecule has 0 heterocycles. The standard InChI is InChI=1S/C26H37N3O2/c1-7-24(31-25(30)29(6)21(3)19-27)26(18-20(2)28(4)5,22-14-10-8-11-15-22)23-16-12-9-13-17-23/h7-17,20-21H,18-19,27H2,1-6H3/b24-7+/t20-,21?/m1/s1. The van der Waals surface area contributed by atoms with Crippen LogP contribution in [0.25, 0.3) is 0 Å². The zero-order valence-corrected chi connectivity index (χ0v) is 19.7. The van der Waals surface area contributed by atoms with E-state index < -0.39 is 11.5 Å². The molecule has 0 spiro atoms. The average Bonchev–Trinajstić information content (AvgIpc) is 2.80. The van der Waals surface area contributed by atoms with E-state index in [0.717, 1.165) is 17.5 Å². The number of allylic oxidation sites excluding steroid dienone is 2. The minimum atomic E-state index is -0.622. The molecular formula is C26H37N3O2. The van der Waals surface area contributed by atoms with Crippen LogP contribution < -0.4 is 5.73 Å². The number of likely N-dealkylation sites (N-methyl/N-ethyl adjacent to an activating group) is 1. The van der Waals surface area contributed by atoms with E-state index in [2.05, 4.69) is 50.2 Å². The van der Waals surface area contributed by atoms with E-state index in [1.165, 1.54) is 0 Å². The molecule has 2 atom stereocenters. The van der Waals surface area contributed by atoms with Gasteiger partial charge in [0.1, 0.15) is 5.76 Å². The molecule has 2 aromatic carbocycles. The Labute approximate surface area is 187 Å². The maximum Gasteiger partial charge on any atom is 0.414 e. The highest BCUT2D eigenvalue weighted by atomic mass is 16.6. The molecule has 2 N–H and O–H groups in total. The number of ether oxygens (including phenoxy) is 1. The topological polar surface area (TPSA) is 58.8 Å². The van der Waals surface area contributed by atoms with Crippen molar-refractivity contribution in [3.05, 3.63) is 83.6 Å². The zero-order chi connectivity index (χ0) is 23.0. The molecule has 0 aromatic heterocycles. The lowest BCUT2D eigenvalue weighted by atomic mass is 9.68. The van der Waals surface area contributed by atoms with Gasteiger partial charge in [0, 0.05) is 25.7 Å². The molecule has 168 valence electrons. The lowest BCUT2D eigenvalue weighted by Gasteiger charge is -2.40. The average molecular weight is 424 g/mol. The van der Waals surface area contributed by atoms with Crippen LogP contribution in [-0.2, 0) is 10.2 Å². The van der Waals surface area contributed by atoms with Crippen LogP contribution in [0.1, 0.15) is 38.3 Å². The third-order valence-electron chi connectivity index (χ3n) is 6.19. The second-order valence-electron chi connectivity index (χ2n) is 8.37. The predicted molar refractivity (Wildman–Crippen MR) is 128 cm³/mol. The van der Waals surface area contributed by atoms with Gasteiger partial charge in [-0.3, -0.25) is 0 Å². The molecule has 5 heteroatoms. The lowest BCUT2D eigenvalue weighted by Crippen LogP contribution is -2.43. The summed E-state index contributed by atoms with van der Waals surface area (Å²) in [6, 6.07) is 20.7. The van der Waals surface area contributed by atoms with Gasteiger partial charge in [0.15, 0.2) is 0 Å². The third kappa shape index (κ3) is 5.54. The number of amides is 1. The molecule has 0 aliphatic carbocycles. The van der Waals surface area contributed by atoms with E-state index in [-0.39, 0.29) is 12.1 Å². The van der Waals surface area contributed by atoms with E-state index in [9.17, 15) is 4.79 Å². The van der Waals surface area contributed by atoms with E-state index in [4.69, 9.17) is 10.5 Å². The van der Waals surface area contributed by atoms with Crippen molar-refractivity contribution in [2.45, 2.75) is 44.7 Å². The molecule has 2 aromatic rings. The number of hydrogen-bond acceptors (Lipinski definition) is 4. The first kappa shape index (κ1) is 24.6. The predicted octanol–water partition coefficient (Wildman–Crippen LogP) is 4.63. The monoisotopic (exact) mass is 423 g/mol. The summed E-state index contributed by atoms with van der Waals surface area (Å²) in [4.78, 5) is 16.8. The molecule has 2 rings (SSSR count). The Kier molecular flexibility index (Phi) is 8.84. The first-order chi connectivity index (χ1) is 14.8. The minimum Gasteiger partial charge on any atom is -0.414 e. The fraction of sp³-hybridized carbons (Fsp3) is 0.423. The number of carbonyl (C=O) groups excluding carboxylic acids is 1. The first-order valence-electron chi connectivity index (χ1n) is 10.9. The van der Waals surface area contributed by atoms with Crippen molar-refractivity contribution < 1.29 is 9.53 Å². The minimum absolute atomic E-state index is 0.117. The largest absolute Gasteiger partial charge is 0.414 e. The molecule has 31 heavy (non-hydrogen) atoms. The SMILES string of the molecule is C/C=C(/OC(=O)N(C)C(C)CN)C(C[C@@H](C)N(C)C)(c1ccccc1)c1ccccc1. The zero-order valence-electron chi connectivity index (χ0n) is 19.7. The number of nitrogens with zero attached hydrogens (tertiary/aromatic N) is 2. The first-order valence-corrected chi connectivity index (χ1v) is 10.9. The van der Waals surface area contributed by atoms with Crippen molar-refractivity contribution in [1.82, 2.24) is 9.80 Å². The Hall–Kier alpha value is -2.63. The summed E-state index contributed by atoms with van der Waals surface area (Å²) in [6.45, 7) is 6.40. The normalized spacial score (nSPS) is 14.3. The van der Waals surface area contributed by atoms with Gasteiger partial charge in [-0.15, -0.1) is 0 Å². The molecule has 0 bridgehead atoms. The van der Waals surface area contributed by atoms with Gasteiger partial charge in [-0.2, -0.15) is 0 Å². The van der Waals surface area contributed by atoms with Crippen LogP contribution in [0.15, 0.2) is 72.5 Å². The number of carbonyl (C=O) groups is 1. The molecular weight excluding hydrogens is 386 g/mol. The second kappa shape index (κ2) is 11.1. The molecule has 1 amide bonds. The summed E-state index contributed by atoms with van der Waals surface area (Å²) < 4.78 is 6.11. The van der Waals surface area contributed by atoms with Crippen LogP contribution in [0.5, 0.6) is 0 Å². The van der Waals surface area contributed by atoms with Crippen molar-refractivity contribution >= 4 is 6.09 Å². The van der Waals surface area contributed by atoms with Gasteiger partial charge in [-0.25, -0.2) is 4.79 Å². The van der Waals surface area contributed by atoms with E-state index in [1.54, 1.807) is 11.9 Å². The Morgan fingerprint density at radius 2 is 1.45 bits per heavy atom. The summed E-state index contributed by atoms with van der Waals surface area (Å²) in [7, 11) is 5.87. The Morgan fingerprint density at radius 1 is 0.968 bits per heavy atom. The lowest BCUT2D eigenvalue weighted by molar-refractivity contribution is 0.111. The van der Waals surface area contributed by atoms with Crippen molar-refractivity contribution in [1.29, 1.82) is 0 Å². The van der Waals surface area contributed by atoms with E-state index in [1.807, 2.05) is 56.3 Å². The number of rotatable bonds is 9. The summed E-state index contributed by atoms with van der Waals surface area (Å²) in [6.07, 6.45) is 2.26. The van der Waals surface area contributed by atoms with Crippen molar-refractivity contribution in [2.24, 2.45) is 5.73 Å². The van der Waals surface area contributed by atoms with Crippen molar-refractivity contribution in [2.75, 3.05) is 27.7 Å². The molecule has 0 fully saturated rings. The van der Waals surface area contributed by atoms with Crippen LogP contribution in [0, 0.1) is 0 Å². The maximum absolute atomic E-state index is 13.0. The summed E-state index contributed by atoms with van der Waals surface area (Å²) >= 11 is 0. The maximum atomic E-state index is 13.0. The Bertz CT molecular complexity index is 810. The van der Waals surface area contributed by atoms with Crippen LogP contribution >= 0.6 is 0 Å². The highest BCUT2D eigenvalue weighted by molar-refractivity contribution is 5.70. The smallest absolute Gasteiger partial charge is 0.414 e.